The van der Waals surface area contributed by atoms with Crippen molar-refractivity contribution in [3.8, 4) is 0 Å². The van der Waals surface area contributed by atoms with E-state index in [1.165, 1.54) is 6.07 Å². The highest BCUT2D eigenvalue weighted by molar-refractivity contribution is 5.79. The summed E-state index contributed by atoms with van der Waals surface area (Å²) in [4.78, 5) is 16.8. The lowest BCUT2D eigenvalue weighted by atomic mass is 9.88. The smallest absolute Gasteiger partial charge is 0.372 e. The predicted molar refractivity (Wildman–Crippen MR) is 114 cm³/mol. The third-order valence-electron chi connectivity index (χ3n) is 5.95. The van der Waals surface area contributed by atoms with E-state index in [1.807, 2.05) is 0 Å². The minimum absolute atomic E-state index is 0.164. The number of carbonyl (C=O) groups excluding carboxylic acids is 1. The minimum atomic E-state index is -4.56. The van der Waals surface area contributed by atoms with Gasteiger partial charge in [0.15, 0.2) is 0 Å². The van der Waals surface area contributed by atoms with E-state index in [0.29, 0.717) is 30.4 Å². The van der Waals surface area contributed by atoms with Crippen LogP contribution in [0.5, 0.6) is 0 Å². The van der Waals surface area contributed by atoms with Crippen LogP contribution in [0, 0.1) is 17.8 Å². The average molecular weight is 444 g/mol. The van der Waals surface area contributed by atoms with Gasteiger partial charge in [-0.2, -0.15) is 13.2 Å². The van der Waals surface area contributed by atoms with E-state index in [4.69, 9.17) is 10.5 Å². The molecule has 2 heterocycles. The van der Waals surface area contributed by atoms with E-state index >= 15 is 0 Å². The van der Waals surface area contributed by atoms with E-state index in [1.54, 1.807) is 0 Å². The normalized spacial score (nSPS) is 20.0. The molecule has 0 radical (unpaired) electrons. The van der Waals surface area contributed by atoms with Gasteiger partial charge in [-0.15, -0.1) is 0 Å². The van der Waals surface area contributed by atoms with Gasteiger partial charge in [-0.3, -0.25) is 4.79 Å². The molecule has 1 amide bonds. The Balaban J connectivity index is 2.21. The van der Waals surface area contributed by atoms with Crippen molar-refractivity contribution in [1.82, 2.24) is 10.3 Å². The molecule has 0 spiro atoms. The number of hydrogen-bond donors (Lipinski definition) is 2. The lowest BCUT2D eigenvalue weighted by Crippen LogP contribution is -2.39. The Kier molecular flexibility index (Phi) is 9.30. The first kappa shape index (κ1) is 25.6. The maximum absolute atomic E-state index is 13.2. The Hall–Kier alpha value is -1.67. The van der Waals surface area contributed by atoms with E-state index in [-0.39, 0.29) is 17.5 Å². The highest BCUT2D eigenvalue weighted by Gasteiger charge is 2.35. The van der Waals surface area contributed by atoms with Crippen LogP contribution in [0.3, 0.4) is 0 Å². The zero-order valence-corrected chi connectivity index (χ0v) is 19.0. The van der Waals surface area contributed by atoms with Crippen LogP contribution in [-0.4, -0.2) is 17.5 Å². The fraction of sp³-hybridized carbons (Fsp3) is 0.739. The van der Waals surface area contributed by atoms with Crippen molar-refractivity contribution < 1.29 is 22.7 Å². The summed E-state index contributed by atoms with van der Waals surface area (Å²) in [6, 6.07) is 2.22. The van der Waals surface area contributed by atoms with Crippen molar-refractivity contribution in [3.63, 3.8) is 0 Å². The first-order chi connectivity index (χ1) is 14.5. The van der Waals surface area contributed by atoms with Crippen LogP contribution in [-0.2, 0) is 15.7 Å². The summed E-state index contributed by atoms with van der Waals surface area (Å²) < 4.78 is 45.2. The van der Waals surface area contributed by atoms with E-state index in [2.05, 4.69) is 38.0 Å². The second kappa shape index (κ2) is 11.3. The molecule has 5 nitrogen and oxygen atoms in total. The molecule has 1 fully saturated rings. The van der Waals surface area contributed by atoms with Crippen molar-refractivity contribution in [2.24, 2.45) is 23.5 Å². The lowest BCUT2D eigenvalue weighted by Gasteiger charge is -2.25. The van der Waals surface area contributed by atoms with Crippen LogP contribution >= 0.6 is 0 Å². The molecule has 2 rings (SSSR count). The van der Waals surface area contributed by atoms with Crippen LogP contribution in [0.2, 0.25) is 0 Å². The molecule has 1 aromatic rings. The first-order valence-electron chi connectivity index (χ1n) is 11.3. The molecule has 8 heteroatoms. The van der Waals surface area contributed by atoms with Crippen LogP contribution in [0.4, 0.5) is 13.2 Å². The number of aromatic nitrogens is 1. The summed E-state index contributed by atoms with van der Waals surface area (Å²) in [6.45, 7) is 8.90. The zero-order valence-electron chi connectivity index (χ0n) is 19.0. The molecule has 0 aliphatic carbocycles. The first-order valence-corrected chi connectivity index (χ1v) is 11.3. The maximum atomic E-state index is 13.2. The van der Waals surface area contributed by atoms with Gasteiger partial charge in [0, 0.05) is 18.1 Å². The van der Waals surface area contributed by atoms with Crippen molar-refractivity contribution in [2.75, 3.05) is 6.61 Å². The minimum Gasteiger partial charge on any atom is -0.372 e. The van der Waals surface area contributed by atoms with Crippen molar-refractivity contribution in [1.29, 1.82) is 0 Å². The Bertz CT molecular complexity index is 719. The summed E-state index contributed by atoms with van der Waals surface area (Å²) in [7, 11) is 0. The quantitative estimate of drug-likeness (QED) is 0.467. The number of nitrogens with zero attached hydrogens (tertiary/aromatic N) is 1. The van der Waals surface area contributed by atoms with Crippen molar-refractivity contribution in [3.05, 3.63) is 29.1 Å². The molecule has 176 valence electrons. The monoisotopic (exact) mass is 443 g/mol. The van der Waals surface area contributed by atoms with Gasteiger partial charge in [-0.05, 0) is 50.0 Å². The number of nitrogens with one attached hydrogen (secondary N) is 1. The average Bonchev–Trinajstić information content (AvgIpc) is 3.23. The van der Waals surface area contributed by atoms with Crippen LogP contribution < -0.4 is 11.1 Å². The zero-order chi connectivity index (χ0) is 23.2. The largest absolute Gasteiger partial charge is 0.433 e. The molecule has 4 atom stereocenters. The standard InChI is InChI=1S/C23H36F3N3O2/c1-5-15(4)8-9-16(13-14(2)3)22(30)29-21(27)17-10-11-19(23(24,25)26)28-20(17)18-7-6-12-31-18/h10-11,14-16,18,21H,5-9,12-13,27H2,1-4H3,(H,29,30). The molecule has 0 aromatic carbocycles. The molecular weight excluding hydrogens is 407 g/mol. The number of ether oxygens (including phenoxy) is 1. The van der Waals surface area contributed by atoms with Gasteiger partial charge < -0.3 is 15.8 Å². The van der Waals surface area contributed by atoms with Gasteiger partial charge in [-0.1, -0.05) is 40.2 Å². The molecule has 4 unspecified atom stereocenters. The molecule has 3 N–H and O–H groups in total. The Morgan fingerprint density at radius 1 is 1.29 bits per heavy atom. The molecular formula is C23H36F3N3O2. The summed E-state index contributed by atoms with van der Waals surface area (Å²) in [5, 5.41) is 2.83. The maximum Gasteiger partial charge on any atom is 0.433 e. The third-order valence-corrected chi connectivity index (χ3v) is 5.95. The summed E-state index contributed by atoms with van der Waals surface area (Å²) in [5.74, 6) is 0.525. The van der Waals surface area contributed by atoms with Crippen molar-refractivity contribution >= 4 is 5.91 Å². The van der Waals surface area contributed by atoms with Crippen LogP contribution in [0.1, 0.15) is 95.4 Å². The SMILES string of the molecule is CCC(C)CCC(CC(C)C)C(=O)NC(N)c1ccc(C(F)(F)F)nc1C1CCCO1. The van der Waals surface area contributed by atoms with E-state index < -0.39 is 24.1 Å². The number of nitrogens with two attached hydrogens (primary N) is 1. The number of rotatable bonds is 10. The summed E-state index contributed by atoms with van der Waals surface area (Å²) >= 11 is 0. The summed E-state index contributed by atoms with van der Waals surface area (Å²) in [6.07, 6.45) is -1.23. The van der Waals surface area contributed by atoms with Gasteiger partial charge in [0.1, 0.15) is 11.9 Å². The lowest BCUT2D eigenvalue weighted by molar-refractivity contribution is -0.141. The van der Waals surface area contributed by atoms with Gasteiger partial charge in [0.2, 0.25) is 5.91 Å². The predicted octanol–water partition coefficient (Wildman–Crippen LogP) is 5.51. The number of hydrogen-bond acceptors (Lipinski definition) is 4. The van der Waals surface area contributed by atoms with Gasteiger partial charge in [0.25, 0.3) is 0 Å². The molecule has 31 heavy (non-hydrogen) atoms. The van der Waals surface area contributed by atoms with Gasteiger partial charge >= 0.3 is 6.18 Å². The third kappa shape index (κ3) is 7.45. The fourth-order valence-electron chi connectivity index (χ4n) is 3.92. The highest BCUT2D eigenvalue weighted by Crippen LogP contribution is 2.35. The number of pyridine rings is 1. The van der Waals surface area contributed by atoms with E-state index in [0.717, 1.165) is 38.2 Å². The molecule has 1 aromatic heterocycles. The highest BCUT2D eigenvalue weighted by atomic mass is 19.4. The Morgan fingerprint density at radius 3 is 2.55 bits per heavy atom. The van der Waals surface area contributed by atoms with Gasteiger partial charge in [-0.25, -0.2) is 4.98 Å². The molecule has 1 aliphatic rings. The Morgan fingerprint density at radius 2 is 2.00 bits per heavy atom. The number of halogens is 3. The molecule has 0 saturated carbocycles. The summed E-state index contributed by atoms with van der Waals surface area (Å²) in [5.41, 5.74) is 5.83. The Labute approximate surface area is 183 Å². The molecule has 0 bridgehead atoms. The number of alkyl halides is 3. The van der Waals surface area contributed by atoms with E-state index in [9.17, 15) is 18.0 Å². The van der Waals surface area contributed by atoms with Crippen LogP contribution in [0.25, 0.3) is 0 Å². The number of carbonyl (C=O) groups is 1. The topological polar surface area (TPSA) is 77.2 Å². The molecule has 1 aliphatic heterocycles. The number of amides is 1. The van der Waals surface area contributed by atoms with Crippen LogP contribution in [0.15, 0.2) is 12.1 Å². The second-order valence-corrected chi connectivity index (χ2v) is 9.07. The molecule has 1 saturated heterocycles. The van der Waals surface area contributed by atoms with Crippen molar-refractivity contribution in [2.45, 2.75) is 84.7 Å². The fourth-order valence-corrected chi connectivity index (χ4v) is 3.92. The second-order valence-electron chi connectivity index (χ2n) is 9.07. The van der Waals surface area contributed by atoms with Gasteiger partial charge in [0.05, 0.1) is 11.8 Å².